The molecule has 3 aromatic rings. The molecule has 3 rings (SSSR count). The summed E-state index contributed by atoms with van der Waals surface area (Å²) in [7, 11) is 0. The van der Waals surface area contributed by atoms with E-state index in [1.165, 1.54) is 0 Å². The fraction of sp³-hybridized carbons (Fsp3) is 0.208. The van der Waals surface area contributed by atoms with Gasteiger partial charge < -0.3 is 19.9 Å². The molecule has 0 radical (unpaired) electrons. The summed E-state index contributed by atoms with van der Waals surface area (Å²) in [5.74, 6) is 0.439. The molecule has 0 aromatic heterocycles. The molecule has 0 atom stereocenters. The minimum absolute atomic E-state index is 0. The highest BCUT2D eigenvalue weighted by molar-refractivity contribution is 6.31. The van der Waals surface area contributed by atoms with Crippen LogP contribution in [0.1, 0.15) is 34.0 Å². The van der Waals surface area contributed by atoms with Gasteiger partial charge in [-0.3, -0.25) is 0 Å². The van der Waals surface area contributed by atoms with Gasteiger partial charge >= 0.3 is 5.97 Å². The van der Waals surface area contributed by atoms with Gasteiger partial charge in [0, 0.05) is 23.7 Å². The third-order valence-corrected chi connectivity index (χ3v) is 4.88. The Morgan fingerprint density at radius 2 is 1.61 bits per heavy atom. The van der Waals surface area contributed by atoms with Crippen molar-refractivity contribution in [1.29, 1.82) is 0 Å². The van der Waals surface area contributed by atoms with Crippen molar-refractivity contribution in [3.8, 4) is 11.5 Å². The van der Waals surface area contributed by atoms with E-state index in [1.54, 1.807) is 12.1 Å². The molecule has 0 amide bonds. The highest BCUT2D eigenvalue weighted by Crippen LogP contribution is 2.30. The first-order chi connectivity index (χ1) is 14.6. The van der Waals surface area contributed by atoms with Crippen molar-refractivity contribution in [3.63, 3.8) is 0 Å². The fourth-order valence-electron chi connectivity index (χ4n) is 2.94. The lowest BCUT2D eigenvalue weighted by molar-refractivity contribution is 0.0697. The van der Waals surface area contributed by atoms with Gasteiger partial charge in [-0.15, -0.1) is 12.4 Å². The molecule has 0 spiro atoms. The fourth-order valence-corrected chi connectivity index (χ4v) is 3.13. The van der Waals surface area contributed by atoms with Crippen molar-refractivity contribution in [2.75, 3.05) is 6.61 Å². The lowest BCUT2D eigenvalue weighted by Gasteiger charge is -2.14. The van der Waals surface area contributed by atoms with E-state index in [2.05, 4.69) is 5.32 Å². The molecule has 0 fully saturated rings. The van der Waals surface area contributed by atoms with Gasteiger partial charge in [-0.2, -0.15) is 0 Å². The molecule has 7 heteroatoms. The molecule has 0 aliphatic rings. The number of hydrogen-bond acceptors (Lipinski definition) is 4. The number of benzene rings is 3. The van der Waals surface area contributed by atoms with Gasteiger partial charge in [-0.25, -0.2) is 4.79 Å². The van der Waals surface area contributed by atoms with Gasteiger partial charge in [-0.1, -0.05) is 48.0 Å². The summed E-state index contributed by atoms with van der Waals surface area (Å²) < 4.78 is 11.7. The lowest BCUT2D eigenvalue weighted by atomic mass is 10.1. The Labute approximate surface area is 193 Å². The molecule has 0 bridgehead atoms. The molecule has 0 unspecified atom stereocenters. The first-order valence-corrected chi connectivity index (χ1v) is 10.1. The Bertz CT molecular complexity index is 993. The molecule has 164 valence electrons. The predicted molar refractivity (Wildman–Crippen MR) is 125 cm³/mol. The number of ether oxygens (including phenoxy) is 2. The summed E-state index contributed by atoms with van der Waals surface area (Å²) >= 11 is 6.20. The summed E-state index contributed by atoms with van der Waals surface area (Å²) in [5, 5.41) is 13.0. The highest BCUT2D eigenvalue weighted by Gasteiger charge is 2.09. The number of halogens is 2. The second-order valence-electron chi connectivity index (χ2n) is 6.70. The monoisotopic (exact) mass is 461 g/mol. The van der Waals surface area contributed by atoms with E-state index < -0.39 is 5.97 Å². The van der Waals surface area contributed by atoms with Crippen molar-refractivity contribution >= 4 is 30.0 Å². The smallest absolute Gasteiger partial charge is 0.335 e. The maximum absolute atomic E-state index is 10.9. The van der Waals surface area contributed by atoms with Crippen LogP contribution in [-0.2, 0) is 19.7 Å². The molecule has 0 heterocycles. The number of carboxylic acid groups (broad SMARTS) is 1. The van der Waals surface area contributed by atoms with Crippen molar-refractivity contribution in [3.05, 3.63) is 94.0 Å². The van der Waals surface area contributed by atoms with E-state index in [0.29, 0.717) is 42.8 Å². The summed E-state index contributed by atoms with van der Waals surface area (Å²) in [4.78, 5) is 10.9. The second kappa shape index (κ2) is 12.2. The molecule has 0 saturated carbocycles. The number of hydrogen-bond donors (Lipinski definition) is 2. The molecular weight excluding hydrogens is 437 g/mol. The highest BCUT2D eigenvalue weighted by atomic mass is 35.5. The number of aromatic carboxylic acids is 1. The summed E-state index contributed by atoms with van der Waals surface area (Å²) in [6.45, 7) is 4.11. The van der Waals surface area contributed by atoms with Gasteiger partial charge in [0.15, 0.2) is 11.5 Å². The molecule has 2 N–H and O–H groups in total. The maximum atomic E-state index is 10.9. The van der Waals surface area contributed by atoms with Crippen LogP contribution in [0.15, 0.2) is 66.7 Å². The number of nitrogens with one attached hydrogen (secondary N) is 1. The normalized spacial score (nSPS) is 10.3. The zero-order valence-corrected chi connectivity index (χ0v) is 18.7. The average Bonchev–Trinajstić information content (AvgIpc) is 2.75. The van der Waals surface area contributed by atoms with E-state index in [1.807, 2.05) is 61.5 Å². The topological polar surface area (TPSA) is 67.8 Å². The van der Waals surface area contributed by atoms with Gasteiger partial charge in [0.1, 0.15) is 6.61 Å². The van der Waals surface area contributed by atoms with E-state index in [0.717, 1.165) is 16.7 Å². The van der Waals surface area contributed by atoms with Crippen LogP contribution in [0.2, 0.25) is 5.02 Å². The Balaban J connectivity index is 0.00000341. The number of carboxylic acids is 1. The first-order valence-electron chi connectivity index (χ1n) is 9.71. The molecular formula is C24H25Cl2NO4. The molecule has 31 heavy (non-hydrogen) atoms. The van der Waals surface area contributed by atoms with Crippen LogP contribution in [0, 0.1) is 0 Å². The molecule has 0 aliphatic carbocycles. The SMILES string of the molecule is CCOc1cc(CNCc2ccc(C(=O)O)cc2)ccc1OCc1ccccc1Cl.Cl. The Morgan fingerprint density at radius 3 is 2.29 bits per heavy atom. The number of carbonyl (C=O) groups is 1. The van der Waals surface area contributed by atoms with Crippen LogP contribution in [0.4, 0.5) is 0 Å². The van der Waals surface area contributed by atoms with Crippen molar-refractivity contribution in [2.24, 2.45) is 0 Å². The predicted octanol–water partition coefficient (Wildman–Crippen LogP) is 5.73. The van der Waals surface area contributed by atoms with Crippen LogP contribution < -0.4 is 14.8 Å². The van der Waals surface area contributed by atoms with Gasteiger partial charge in [0.25, 0.3) is 0 Å². The quantitative estimate of drug-likeness (QED) is 0.403. The first kappa shape index (κ1) is 24.5. The van der Waals surface area contributed by atoms with Gasteiger partial charge in [0.05, 0.1) is 12.2 Å². The molecule has 0 saturated heterocycles. The summed E-state index contributed by atoms with van der Waals surface area (Å²) in [5.41, 5.74) is 3.28. The summed E-state index contributed by atoms with van der Waals surface area (Å²) in [6.07, 6.45) is 0. The zero-order chi connectivity index (χ0) is 21.3. The Hall–Kier alpha value is -2.73. The third-order valence-electron chi connectivity index (χ3n) is 4.51. The van der Waals surface area contributed by atoms with E-state index in [9.17, 15) is 4.79 Å². The van der Waals surface area contributed by atoms with E-state index in [4.69, 9.17) is 26.2 Å². The van der Waals surface area contributed by atoms with Crippen LogP contribution in [-0.4, -0.2) is 17.7 Å². The standard InChI is InChI=1S/C24H24ClNO4.ClH/c1-2-29-23-13-18(15-26-14-17-7-10-19(11-8-17)24(27)28)9-12-22(23)30-16-20-5-3-4-6-21(20)25;/h3-13,26H,2,14-16H2,1H3,(H,27,28);1H. The molecule has 5 nitrogen and oxygen atoms in total. The minimum Gasteiger partial charge on any atom is -0.490 e. The van der Waals surface area contributed by atoms with Crippen LogP contribution in [0.25, 0.3) is 0 Å². The zero-order valence-electron chi connectivity index (χ0n) is 17.1. The molecule has 3 aromatic carbocycles. The van der Waals surface area contributed by atoms with E-state index >= 15 is 0 Å². The van der Waals surface area contributed by atoms with Crippen molar-refractivity contribution in [1.82, 2.24) is 5.32 Å². The lowest BCUT2D eigenvalue weighted by Crippen LogP contribution is -2.13. The maximum Gasteiger partial charge on any atom is 0.335 e. The van der Waals surface area contributed by atoms with Gasteiger partial charge in [0.2, 0.25) is 0 Å². The third kappa shape index (κ3) is 7.17. The van der Waals surface area contributed by atoms with Crippen LogP contribution in [0.3, 0.4) is 0 Å². The summed E-state index contributed by atoms with van der Waals surface area (Å²) in [6, 6.07) is 20.3. The Morgan fingerprint density at radius 1 is 0.935 bits per heavy atom. The van der Waals surface area contributed by atoms with Gasteiger partial charge in [-0.05, 0) is 48.4 Å². The van der Waals surface area contributed by atoms with E-state index in [-0.39, 0.29) is 18.0 Å². The molecule has 0 aliphatic heterocycles. The van der Waals surface area contributed by atoms with Crippen LogP contribution >= 0.6 is 24.0 Å². The van der Waals surface area contributed by atoms with Crippen molar-refractivity contribution in [2.45, 2.75) is 26.6 Å². The van der Waals surface area contributed by atoms with Crippen molar-refractivity contribution < 1.29 is 19.4 Å². The minimum atomic E-state index is -0.921. The Kier molecular flexibility index (Phi) is 9.66. The van der Waals surface area contributed by atoms with Crippen LogP contribution in [0.5, 0.6) is 11.5 Å². The largest absolute Gasteiger partial charge is 0.490 e. The second-order valence-corrected chi connectivity index (χ2v) is 7.11. The number of rotatable bonds is 10. The average molecular weight is 462 g/mol.